The van der Waals surface area contributed by atoms with Crippen LogP contribution in [0.1, 0.15) is 51.0 Å². The van der Waals surface area contributed by atoms with E-state index in [1.54, 1.807) is 4.68 Å². The minimum atomic E-state index is -3.37. The summed E-state index contributed by atoms with van der Waals surface area (Å²) in [6.07, 6.45) is 8.94. The monoisotopic (exact) mass is 298 g/mol. The summed E-state index contributed by atoms with van der Waals surface area (Å²) in [6.45, 7) is 0. The molecule has 2 aliphatic rings. The molecule has 0 amide bonds. The van der Waals surface area contributed by atoms with Gasteiger partial charge in [-0.25, -0.2) is 13.1 Å². The molecule has 20 heavy (non-hydrogen) atoms. The van der Waals surface area contributed by atoms with E-state index in [0.717, 1.165) is 38.5 Å². The van der Waals surface area contributed by atoms with Gasteiger partial charge in [-0.1, -0.05) is 19.3 Å². The Labute approximate surface area is 119 Å². The second kappa shape index (κ2) is 4.95. The summed E-state index contributed by atoms with van der Waals surface area (Å²) >= 11 is 0. The summed E-state index contributed by atoms with van der Waals surface area (Å²) in [5, 5.41) is 7.68. The van der Waals surface area contributed by atoms with Gasteiger partial charge in [0.15, 0.2) is 20.6 Å². The SMILES string of the molecule is CS(=O)(=O)c1c(NC2CC2)nn(C2CCCCC2)c1N. The molecule has 7 heteroatoms. The molecule has 0 spiro atoms. The van der Waals surface area contributed by atoms with Gasteiger partial charge in [-0.3, -0.25) is 0 Å². The Bertz CT molecular complexity index is 598. The van der Waals surface area contributed by atoms with Gasteiger partial charge in [-0.2, -0.15) is 5.10 Å². The Morgan fingerprint density at radius 2 is 1.85 bits per heavy atom. The van der Waals surface area contributed by atoms with Crippen LogP contribution in [0.25, 0.3) is 0 Å². The van der Waals surface area contributed by atoms with E-state index in [-0.39, 0.29) is 10.9 Å². The quantitative estimate of drug-likeness (QED) is 0.886. The second-order valence-electron chi connectivity index (χ2n) is 5.99. The van der Waals surface area contributed by atoms with Crippen LogP contribution >= 0.6 is 0 Å². The Hall–Kier alpha value is -1.24. The van der Waals surface area contributed by atoms with E-state index in [0.29, 0.717) is 17.7 Å². The molecule has 0 saturated heterocycles. The van der Waals surface area contributed by atoms with Crippen LogP contribution in [-0.2, 0) is 9.84 Å². The number of nitrogens with two attached hydrogens (primary N) is 1. The fourth-order valence-electron chi connectivity index (χ4n) is 2.92. The van der Waals surface area contributed by atoms with Crippen LogP contribution in [0.15, 0.2) is 4.90 Å². The van der Waals surface area contributed by atoms with Crippen molar-refractivity contribution in [2.75, 3.05) is 17.3 Å². The Morgan fingerprint density at radius 1 is 1.20 bits per heavy atom. The number of nitrogens with zero attached hydrogens (tertiary/aromatic N) is 2. The largest absolute Gasteiger partial charge is 0.383 e. The lowest BCUT2D eigenvalue weighted by molar-refractivity contribution is 0.333. The lowest BCUT2D eigenvalue weighted by atomic mass is 9.96. The van der Waals surface area contributed by atoms with Crippen LogP contribution in [-0.4, -0.2) is 30.5 Å². The molecule has 1 aromatic rings. The highest BCUT2D eigenvalue weighted by atomic mass is 32.2. The smallest absolute Gasteiger partial charge is 0.182 e. The summed E-state index contributed by atoms with van der Waals surface area (Å²) in [7, 11) is -3.37. The molecule has 0 bridgehead atoms. The van der Waals surface area contributed by atoms with Gasteiger partial charge in [-0.05, 0) is 25.7 Å². The van der Waals surface area contributed by atoms with Gasteiger partial charge < -0.3 is 11.1 Å². The molecule has 1 aromatic heterocycles. The molecule has 0 atom stereocenters. The van der Waals surface area contributed by atoms with Crippen molar-refractivity contribution in [2.45, 2.75) is 61.9 Å². The normalized spacial score (nSPS) is 21.1. The number of anilines is 2. The van der Waals surface area contributed by atoms with Gasteiger partial charge in [0.2, 0.25) is 0 Å². The van der Waals surface area contributed by atoms with E-state index in [4.69, 9.17) is 5.73 Å². The summed E-state index contributed by atoms with van der Waals surface area (Å²) in [4.78, 5) is 0.176. The molecule has 3 rings (SSSR count). The molecular formula is C13H22N4O2S. The molecule has 112 valence electrons. The Kier molecular flexibility index (Phi) is 3.40. The summed E-state index contributed by atoms with van der Waals surface area (Å²) in [6, 6.07) is 0.587. The van der Waals surface area contributed by atoms with Gasteiger partial charge in [0, 0.05) is 12.3 Å². The van der Waals surface area contributed by atoms with Gasteiger partial charge >= 0.3 is 0 Å². The number of rotatable bonds is 4. The Balaban J connectivity index is 1.99. The zero-order chi connectivity index (χ0) is 14.3. The van der Waals surface area contributed by atoms with E-state index >= 15 is 0 Å². The predicted octanol–water partition coefficient (Wildman–Crippen LogP) is 1.95. The summed E-state index contributed by atoms with van der Waals surface area (Å²) < 4.78 is 25.7. The Morgan fingerprint density at radius 3 is 2.40 bits per heavy atom. The van der Waals surface area contributed by atoms with Crippen molar-refractivity contribution in [1.82, 2.24) is 9.78 Å². The van der Waals surface area contributed by atoms with E-state index in [2.05, 4.69) is 10.4 Å². The van der Waals surface area contributed by atoms with Gasteiger partial charge in [0.25, 0.3) is 0 Å². The lowest BCUT2D eigenvalue weighted by Crippen LogP contribution is -2.16. The number of nitrogens with one attached hydrogen (secondary N) is 1. The molecular weight excluding hydrogens is 276 g/mol. The van der Waals surface area contributed by atoms with Crippen molar-refractivity contribution in [2.24, 2.45) is 0 Å². The highest BCUT2D eigenvalue weighted by Gasteiger charge is 2.31. The molecule has 1 heterocycles. The third-order valence-corrected chi connectivity index (χ3v) is 5.26. The zero-order valence-corrected chi connectivity index (χ0v) is 12.6. The average molecular weight is 298 g/mol. The van der Waals surface area contributed by atoms with Gasteiger partial charge in [0.05, 0.1) is 6.04 Å². The fourth-order valence-corrected chi connectivity index (χ4v) is 3.84. The van der Waals surface area contributed by atoms with Crippen molar-refractivity contribution in [3.8, 4) is 0 Å². The number of sulfone groups is 1. The van der Waals surface area contributed by atoms with E-state index < -0.39 is 9.84 Å². The maximum atomic E-state index is 12.0. The molecule has 2 saturated carbocycles. The summed E-state index contributed by atoms with van der Waals surface area (Å²) in [5.74, 6) is 0.737. The first-order valence-corrected chi connectivity index (χ1v) is 9.20. The molecule has 0 radical (unpaired) electrons. The molecule has 6 nitrogen and oxygen atoms in total. The molecule has 2 aliphatic carbocycles. The number of hydrogen-bond acceptors (Lipinski definition) is 5. The van der Waals surface area contributed by atoms with Crippen LogP contribution in [0.5, 0.6) is 0 Å². The predicted molar refractivity (Wildman–Crippen MR) is 78.5 cm³/mol. The first-order chi connectivity index (χ1) is 9.47. The average Bonchev–Trinajstić information content (AvgIpc) is 3.12. The van der Waals surface area contributed by atoms with Crippen LogP contribution in [0.3, 0.4) is 0 Å². The van der Waals surface area contributed by atoms with E-state index in [1.165, 1.54) is 12.7 Å². The maximum absolute atomic E-state index is 12.0. The highest BCUT2D eigenvalue weighted by molar-refractivity contribution is 7.91. The van der Waals surface area contributed by atoms with Crippen LogP contribution in [0, 0.1) is 0 Å². The minimum absolute atomic E-state index is 0.176. The third kappa shape index (κ3) is 2.63. The fraction of sp³-hybridized carbons (Fsp3) is 0.769. The second-order valence-corrected chi connectivity index (χ2v) is 7.94. The topological polar surface area (TPSA) is 90.0 Å². The maximum Gasteiger partial charge on any atom is 0.182 e. The molecule has 2 fully saturated rings. The number of aromatic nitrogens is 2. The van der Waals surface area contributed by atoms with Crippen LogP contribution < -0.4 is 11.1 Å². The molecule has 0 unspecified atom stereocenters. The van der Waals surface area contributed by atoms with Crippen molar-refractivity contribution in [1.29, 1.82) is 0 Å². The van der Waals surface area contributed by atoms with E-state index in [9.17, 15) is 8.42 Å². The van der Waals surface area contributed by atoms with Crippen LogP contribution in [0.2, 0.25) is 0 Å². The van der Waals surface area contributed by atoms with Crippen LogP contribution in [0.4, 0.5) is 11.6 Å². The number of nitrogen functional groups attached to an aromatic ring is 1. The van der Waals surface area contributed by atoms with Crippen molar-refractivity contribution in [3.05, 3.63) is 0 Å². The molecule has 3 N–H and O–H groups in total. The molecule has 0 aliphatic heterocycles. The van der Waals surface area contributed by atoms with Crippen molar-refractivity contribution >= 4 is 21.5 Å². The van der Waals surface area contributed by atoms with Gasteiger partial charge in [0.1, 0.15) is 5.82 Å². The summed E-state index contributed by atoms with van der Waals surface area (Å²) in [5.41, 5.74) is 6.10. The van der Waals surface area contributed by atoms with E-state index in [1.807, 2.05) is 0 Å². The minimum Gasteiger partial charge on any atom is -0.383 e. The van der Waals surface area contributed by atoms with Crippen molar-refractivity contribution < 1.29 is 8.42 Å². The standard InChI is InChI=1S/C13H22N4O2S/c1-20(18,19)11-12(14)17(10-5-3-2-4-6-10)16-13(11)15-9-7-8-9/h9-10H,2-8,14H2,1H3,(H,15,16). The number of hydrogen-bond donors (Lipinski definition) is 2. The van der Waals surface area contributed by atoms with Gasteiger partial charge in [-0.15, -0.1) is 0 Å². The van der Waals surface area contributed by atoms with Crippen molar-refractivity contribution in [3.63, 3.8) is 0 Å². The first kappa shape index (κ1) is 13.7. The lowest BCUT2D eigenvalue weighted by Gasteiger charge is -2.22. The zero-order valence-electron chi connectivity index (χ0n) is 11.8. The first-order valence-electron chi connectivity index (χ1n) is 7.31. The molecule has 0 aromatic carbocycles. The highest BCUT2D eigenvalue weighted by Crippen LogP contribution is 2.36. The third-order valence-electron chi connectivity index (χ3n) is 4.11.